The summed E-state index contributed by atoms with van der Waals surface area (Å²) in [6, 6.07) is 18.4. The maximum Gasteiger partial charge on any atom is 0.251 e. The zero-order valence-electron chi connectivity index (χ0n) is 17.5. The predicted molar refractivity (Wildman–Crippen MR) is 119 cm³/mol. The van der Waals surface area contributed by atoms with Crippen LogP contribution < -0.4 is 16.0 Å². The Kier molecular flexibility index (Phi) is 7.28. The van der Waals surface area contributed by atoms with E-state index in [1.807, 2.05) is 31.2 Å². The molecule has 2 aromatic carbocycles. The van der Waals surface area contributed by atoms with E-state index in [9.17, 15) is 4.79 Å². The summed E-state index contributed by atoms with van der Waals surface area (Å²) in [6.45, 7) is 6.83. The topological polar surface area (TPSA) is 65.5 Å². The largest absolute Gasteiger partial charge is 0.357 e. The third-order valence-electron chi connectivity index (χ3n) is 5.58. The van der Waals surface area contributed by atoms with Crippen molar-refractivity contribution in [2.75, 3.05) is 19.6 Å². The summed E-state index contributed by atoms with van der Waals surface area (Å²) in [4.78, 5) is 16.8. The lowest BCUT2D eigenvalue weighted by Crippen LogP contribution is -2.48. The SMILES string of the molecule is CCNC(=O)c1cccc(CN=C(NCC)NCC2(c3ccccc3)CCC2)c1. The molecule has 1 aliphatic rings. The van der Waals surface area contributed by atoms with E-state index in [1.165, 1.54) is 24.8 Å². The molecule has 0 unspecified atom stereocenters. The minimum atomic E-state index is -0.0434. The first-order chi connectivity index (χ1) is 14.2. The van der Waals surface area contributed by atoms with E-state index >= 15 is 0 Å². The first-order valence-electron chi connectivity index (χ1n) is 10.6. The summed E-state index contributed by atoms with van der Waals surface area (Å²) in [5.41, 5.74) is 3.31. The lowest BCUT2D eigenvalue weighted by molar-refractivity contribution is 0.0955. The van der Waals surface area contributed by atoms with Crippen molar-refractivity contribution in [3.63, 3.8) is 0 Å². The molecule has 5 nitrogen and oxygen atoms in total. The van der Waals surface area contributed by atoms with Crippen molar-refractivity contribution < 1.29 is 4.79 Å². The minimum absolute atomic E-state index is 0.0434. The summed E-state index contributed by atoms with van der Waals surface area (Å²) in [7, 11) is 0. The van der Waals surface area contributed by atoms with Crippen LogP contribution in [-0.4, -0.2) is 31.5 Å². The number of nitrogens with one attached hydrogen (secondary N) is 3. The van der Waals surface area contributed by atoms with Gasteiger partial charge in [-0.1, -0.05) is 48.9 Å². The molecule has 0 atom stereocenters. The molecule has 5 heteroatoms. The number of hydrogen-bond donors (Lipinski definition) is 3. The second kappa shape index (κ2) is 10.1. The van der Waals surface area contributed by atoms with Crippen LogP contribution in [0.3, 0.4) is 0 Å². The van der Waals surface area contributed by atoms with Gasteiger partial charge >= 0.3 is 0 Å². The number of carbonyl (C=O) groups is 1. The lowest BCUT2D eigenvalue weighted by atomic mass is 9.64. The number of hydrogen-bond acceptors (Lipinski definition) is 2. The molecular formula is C24H32N4O. The molecule has 154 valence electrons. The van der Waals surface area contributed by atoms with Crippen molar-refractivity contribution in [3.05, 3.63) is 71.3 Å². The van der Waals surface area contributed by atoms with Crippen LogP contribution in [-0.2, 0) is 12.0 Å². The third kappa shape index (κ3) is 5.37. The van der Waals surface area contributed by atoms with Gasteiger partial charge in [0.15, 0.2) is 5.96 Å². The summed E-state index contributed by atoms with van der Waals surface area (Å²) >= 11 is 0. The van der Waals surface area contributed by atoms with Gasteiger partial charge < -0.3 is 16.0 Å². The Morgan fingerprint density at radius 3 is 2.38 bits per heavy atom. The summed E-state index contributed by atoms with van der Waals surface area (Å²) in [5.74, 6) is 0.774. The molecule has 0 saturated heterocycles. The smallest absolute Gasteiger partial charge is 0.251 e. The van der Waals surface area contributed by atoms with Crippen LogP contribution in [0.2, 0.25) is 0 Å². The van der Waals surface area contributed by atoms with Gasteiger partial charge in [0.1, 0.15) is 0 Å². The zero-order chi connectivity index (χ0) is 20.5. The minimum Gasteiger partial charge on any atom is -0.357 e. The molecule has 1 amide bonds. The van der Waals surface area contributed by atoms with E-state index in [1.54, 1.807) is 0 Å². The highest BCUT2D eigenvalue weighted by Gasteiger charge is 2.38. The molecule has 1 aliphatic carbocycles. The number of guanidine groups is 1. The Labute approximate surface area is 174 Å². The fourth-order valence-corrected chi connectivity index (χ4v) is 3.80. The Balaban J connectivity index is 1.66. The number of carbonyl (C=O) groups excluding carboxylic acids is 1. The van der Waals surface area contributed by atoms with Gasteiger partial charge in [-0.05, 0) is 49.9 Å². The zero-order valence-corrected chi connectivity index (χ0v) is 17.5. The van der Waals surface area contributed by atoms with Crippen LogP contribution in [0.1, 0.15) is 54.6 Å². The van der Waals surface area contributed by atoms with E-state index in [-0.39, 0.29) is 11.3 Å². The van der Waals surface area contributed by atoms with E-state index < -0.39 is 0 Å². The Hall–Kier alpha value is -2.82. The van der Waals surface area contributed by atoms with Crippen molar-refractivity contribution in [1.82, 2.24) is 16.0 Å². The lowest BCUT2D eigenvalue weighted by Gasteiger charge is -2.43. The van der Waals surface area contributed by atoms with Crippen LogP contribution in [0.25, 0.3) is 0 Å². The van der Waals surface area contributed by atoms with Gasteiger partial charge in [-0.2, -0.15) is 0 Å². The van der Waals surface area contributed by atoms with Crippen molar-refractivity contribution in [2.45, 2.75) is 45.1 Å². The van der Waals surface area contributed by atoms with Crippen LogP contribution >= 0.6 is 0 Å². The molecule has 0 bridgehead atoms. The standard InChI is InChI=1S/C24H32N4O/c1-3-25-22(29)20-11-8-10-19(16-20)17-27-23(26-4-2)28-18-24(14-9-15-24)21-12-6-5-7-13-21/h5-8,10-13,16H,3-4,9,14-15,17-18H2,1-2H3,(H,25,29)(H2,26,27,28). The fourth-order valence-electron chi connectivity index (χ4n) is 3.80. The Morgan fingerprint density at radius 1 is 0.966 bits per heavy atom. The molecule has 1 fully saturated rings. The van der Waals surface area contributed by atoms with Gasteiger partial charge in [-0.25, -0.2) is 4.99 Å². The van der Waals surface area contributed by atoms with Gasteiger partial charge in [0, 0.05) is 30.6 Å². The summed E-state index contributed by atoms with van der Waals surface area (Å²) in [6.07, 6.45) is 3.69. The molecule has 3 rings (SSSR count). The molecule has 0 aromatic heterocycles. The predicted octanol–water partition coefficient (Wildman–Crippen LogP) is 3.61. The van der Waals surface area contributed by atoms with Crippen molar-refractivity contribution in [1.29, 1.82) is 0 Å². The molecule has 0 heterocycles. The number of amides is 1. The van der Waals surface area contributed by atoms with E-state index in [4.69, 9.17) is 4.99 Å². The average molecular weight is 393 g/mol. The number of benzene rings is 2. The van der Waals surface area contributed by atoms with Gasteiger partial charge in [0.05, 0.1) is 6.54 Å². The molecule has 1 saturated carbocycles. The second-order valence-corrected chi connectivity index (χ2v) is 7.61. The maximum atomic E-state index is 12.1. The fraction of sp³-hybridized carbons (Fsp3) is 0.417. The molecule has 2 aromatic rings. The average Bonchev–Trinajstić information content (AvgIpc) is 2.72. The molecule has 0 spiro atoms. The highest BCUT2D eigenvalue weighted by atomic mass is 16.1. The van der Waals surface area contributed by atoms with Crippen LogP contribution in [0, 0.1) is 0 Å². The summed E-state index contributed by atoms with van der Waals surface area (Å²) < 4.78 is 0. The van der Waals surface area contributed by atoms with Crippen molar-refractivity contribution in [3.8, 4) is 0 Å². The van der Waals surface area contributed by atoms with Crippen molar-refractivity contribution >= 4 is 11.9 Å². The molecule has 29 heavy (non-hydrogen) atoms. The van der Waals surface area contributed by atoms with Crippen LogP contribution in [0.5, 0.6) is 0 Å². The number of nitrogens with zero attached hydrogens (tertiary/aromatic N) is 1. The third-order valence-corrected chi connectivity index (χ3v) is 5.58. The maximum absolute atomic E-state index is 12.1. The normalized spacial score (nSPS) is 15.3. The van der Waals surface area contributed by atoms with Gasteiger partial charge in [0.2, 0.25) is 0 Å². The number of aliphatic imine (C=N–C) groups is 1. The van der Waals surface area contributed by atoms with E-state index in [2.05, 4.69) is 53.2 Å². The second-order valence-electron chi connectivity index (χ2n) is 7.61. The molecule has 0 radical (unpaired) electrons. The monoisotopic (exact) mass is 392 g/mol. The quantitative estimate of drug-likeness (QED) is 0.475. The first kappa shape index (κ1) is 20.9. The van der Waals surface area contributed by atoms with Gasteiger partial charge in [-0.3, -0.25) is 4.79 Å². The number of rotatable bonds is 8. The van der Waals surface area contributed by atoms with Gasteiger partial charge in [0.25, 0.3) is 5.91 Å². The van der Waals surface area contributed by atoms with E-state index in [0.29, 0.717) is 18.7 Å². The Bertz CT molecular complexity index is 828. The Morgan fingerprint density at radius 2 is 1.72 bits per heavy atom. The highest BCUT2D eigenvalue weighted by molar-refractivity contribution is 5.94. The van der Waals surface area contributed by atoms with Crippen molar-refractivity contribution in [2.24, 2.45) is 4.99 Å². The first-order valence-corrected chi connectivity index (χ1v) is 10.6. The summed E-state index contributed by atoms with van der Waals surface area (Å²) in [5, 5.41) is 9.73. The molecule has 0 aliphatic heterocycles. The van der Waals surface area contributed by atoms with E-state index in [0.717, 1.165) is 24.6 Å². The molecular weight excluding hydrogens is 360 g/mol. The van der Waals surface area contributed by atoms with Crippen LogP contribution in [0.4, 0.5) is 0 Å². The van der Waals surface area contributed by atoms with Crippen LogP contribution in [0.15, 0.2) is 59.6 Å². The van der Waals surface area contributed by atoms with Gasteiger partial charge in [-0.15, -0.1) is 0 Å². The molecule has 3 N–H and O–H groups in total. The highest BCUT2D eigenvalue weighted by Crippen LogP contribution is 2.43.